The molecule has 4 rings (SSSR count). The van der Waals surface area contributed by atoms with Crippen LogP contribution in [0.3, 0.4) is 0 Å². The van der Waals surface area contributed by atoms with Crippen molar-refractivity contribution in [2.75, 3.05) is 6.61 Å². The van der Waals surface area contributed by atoms with Crippen LogP contribution in [0, 0.1) is 11.3 Å². The van der Waals surface area contributed by atoms with Crippen molar-refractivity contribution < 1.29 is 19.3 Å². The number of hydrogen-bond acceptors (Lipinski definition) is 6. The molecular formula is C13H17FN4O3. The molecule has 7 nitrogen and oxygen atoms in total. The summed E-state index contributed by atoms with van der Waals surface area (Å²) in [7, 11) is 0. The molecule has 4 N–H and O–H groups in total. The number of nitrogens with zero attached hydrogens (tertiary/aromatic N) is 2. The first-order valence-corrected chi connectivity index (χ1v) is 6.96. The molecule has 2 fully saturated rings. The standard InChI is InChI=1S/C13H17FN4O3/c1-12(10(14)9(20)8(4-19)21-12)13-3-6(13)2-7-11(15)16-5-17-18(7)13/h2,5-6,8-10,19-20H,3-4H2,1H3,(H2,15,16,17)/t6?,8-,9-,10-,12-,13?/m1/s1. The number of alkyl halides is 1. The zero-order chi connectivity index (χ0) is 15.0. The van der Waals surface area contributed by atoms with Gasteiger partial charge >= 0.3 is 0 Å². The lowest BCUT2D eigenvalue weighted by molar-refractivity contribution is -0.123. The van der Waals surface area contributed by atoms with Crippen LogP contribution < -0.4 is 5.43 Å². The van der Waals surface area contributed by atoms with Gasteiger partial charge in [0, 0.05) is 5.92 Å². The number of fused-ring (bicyclic) bond motifs is 3. The maximum atomic E-state index is 14.7. The predicted molar refractivity (Wildman–Crippen MR) is 71.4 cm³/mol. The molecule has 1 aliphatic carbocycles. The minimum absolute atomic E-state index is 0.0370. The molecule has 21 heavy (non-hydrogen) atoms. The Morgan fingerprint density at radius 2 is 2.43 bits per heavy atom. The number of aliphatic hydroxyl groups excluding tert-OH is 2. The van der Waals surface area contributed by atoms with Crippen molar-refractivity contribution in [3.8, 4) is 0 Å². The topological polar surface area (TPSA) is 101 Å². The van der Waals surface area contributed by atoms with Crippen molar-refractivity contribution in [3.05, 3.63) is 11.8 Å². The number of hydrogen-bond donors (Lipinski definition) is 4. The first kappa shape index (κ1) is 13.2. The van der Waals surface area contributed by atoms with E-state index in [9.17, 15) is 14.6 Å². The molecule has 3 heterocycles. The van der Waals surface area contributed by atoms with E-state index in [0.29, 0.717) is 12.1 Å². The molecule has 1 saturated carbocycles. The number of aliphatic imine (C=N–C) groups is 1. The molecule has 3 aliphatic heterocycles. The van der Waals surface area contributed by atoms with Gasteiger partial charge in [0.05, 0.1) is 12.3 Å². The van der Waals surface area contributed by atoms with Crippen LogP contribution in [0.15, 0.2) is 16.8 Å². The van der Waals surface area contributed by atoms with Crippen molar-refractivity contribution in [1.29, 1.82) is 5.41 Å². The highest BCUT2D eigenvalue weighted by Gasteiger charge is 2.78. The van der Waals surface area contributed by atoms with Crippen LogP contribution in [-0.4, -0.2) is 63.5 Å². The summed E-state index contributed by atoms with van der Waals surface area (Å²) in [6.45, 7) is 1.20. The van der Waals surface area contributed by atoms with E-state index in [1.807, 2.05) is 6.08 Å². The third-order valence-corrected chi connectivity index (χ3v) is 5.25. The summed E-state index contributed by atoms with van der Waals surface area (Å²) in [4.78, 5) is 3.89. The molecular weight excluding hydrogens is 279 g/mol. The summed E-state index contributed by atoms with van der Waals surface area (Å²) in [5, 5.41) is 28.8. The Labute approximate surface area is 120 Å². The lowest BCUT2D eigenvalue weighted by Crippen LogP contribution is -2.62. The smallest absolute Gasteiger partial charge is 0.171 e. The number of halogens is 1. The monoisotopic (exact) mass is 296 g/mol. The van der Waals surface area contributed by atoms with Gasteiger partial charge in [-0.2, -0.15) is 0 Å². The maximum absolute atomic E-state index is 14.7. The van der Waals surface area contributed by atoms with Gasteiger partial charge in [0.25, 0.3) is 0 Å². The van der Waals surface area contributed by atoms with Gasteiger partial charge in [-0.1, -0.05) is 0 Å². The molecule has 0 aromatic carbocycles. The Morgan fingerprint density at radius 3 is 3.10 bits per heavy atom. The highest BCUT2D eigenvalue weighted by molar-refractivity contribution is 6.02. The molecule has 0 amide bonds. The minimum atomic E-state index is -1.61. The number of aliphatic hydroxyl groups is 2. The fourth-order valence-electron chi connectivity index (χ4n) is 4.04. The van der Waals surface area contributed by atoms with E-state index in [-0.39, 0.29) is 11.8 Å². The van der Waals surface area contributed by atoms with Crippen molar-refractivity contribution in [1.82, 2.24) is 10.4 Å². The third-order valence-electron chi connectivity index (χ3n) is 5.25. The quantitative estimate of drug-likeness (QED) is 0.541. The van der Waals surface area contributed by atoms with Crippen LogP contribution in [-0.2, 0) is 4.74 Å². The number of nitrogens with one attached hydrogen (secondary N) is 2. The van der Waals surface area contributed by atoms with E-state index in [1.54, 1.807) is 11.9 Å². The van der Waals surface area contributed by atoms with Crippen LogP contribution in [0.5, 0.6) is 0 Å². The maximum Gasteiger partial charge on any atom is 0.171 e. The number of rotatable bonds is 2. The molecule has 1 saturated heterocycles. The predicted octanol–water partition coefficient (Wildman–Crippen LogP) is -0.683. The highest BCUT2D eigenvalue weighted by atomic mass is 19.1. The summed E-state index contributed by atoms with van der Waals surface area (Å²) in [6.07, 6.45) is 0.0775. The molecule has 6 atom stereocenters. The molecule has 4 aliphatic rings. The van der Waals surface area contributed by atoms with E-state index in [2.05, 4.69) is 10.4 Å². The molecule has 2 unspecified atom stereocenters. The lowest BCUT2D eigenvalue weighted by atomic mass is 9.86. The first-order chi connectivity index (χ1) is 9.95. The second kappa shape index (κ2) is 3.82. The lowest BCUT2D eigenvalue weighted by Gasteiger charge is -2.43. The van der Waals surface area contributed by atoms with Gasteiger partial charge in [-0.05, 0) is 19.4 Å². The van der Waals surface area contributed by atoms with Crippen LogP contribution in [0.4, 0.5) is 4.39 Å². The Morgan fingerprint density at radius 1 is 1.67 bits per heavy atom. The van der Waals surface area contributed by atoms with Crippen molar-refractivity contribution in [2.24, 2.45) is 10.9 Å². The van der Waals surface area contributed by atoms with E-state index in [4.69, 9.17) is 10.1 Å². The number of amidine groups is 1. The summed E-state index contributed by atoms with van der Waals surface area (Å²) in [5.41, 5.74) is 1.61. The normalized spacial score (nSPS) is 50.6. The molecule has 8 heteroatoms. The summed E-state index contributed by atoms with van der Waals surface area (Å²) in [6, 6.07) is 0. The minimum Gasteiger partial charge on any atom is -0.394 e. The zero-order valence-electron chi connectivity index (χ0n) is 11.5. The van der Waals surface area contributed by atoms with Gasteiger partial charge in [-0.15, -0.1) is 0 Å². The average Bonchev–Trinajstić information content (AvgIpc) is 3.05. The van der Waals surface area contributed by atoms with E-state index in [1.165, 1.54) is 6.34 Å². The molecule has 0 aromatic rings. The highest BCUT2D eigenvalue weighted by Crippen LogP contribution is 2.65. The summed E-state index contributed by atoms with van der Waals surface area (Å²) in [5.74, 6) is 0.159. The summed E-state index contributed by atoms with van der Waals surface area (Å²) < 4.78 is 20.5. The Balaban J connectivity index is 1.72. The van der Waals surface area contributed by atoms with Gasteiger partial charge in [0.1, 0.15) is 29.7 Å². The van der Waals surface area contributed by atoms with Crippen molar-refractivity contribution >= 4 is 12.2 Å². The fourth-order valence-corrected chi connectivity index (χ4v) is 4.04. The number of hydrazine groups is 1. The SMILES string of the molecule is C[C@@]1(C23CC2C=C2C(=N)N=CNN23)O[C@H](CO)[C@@H](O)[C@H]1F. The van der Waals surface area contributed by atoms with Gasteiger partial charge < -0.3 is 14.9 Å². The van der Waals surface area contributed by atoms with Gasteiger partial charge in [-0.25, -0.2) is 9.38 Å². The van der Waals surface area contributed by atoms with Crippen LogP contribution in [0.1, 0.15) is 13.3 Å². The Bertz CT molecular complexity index is 582. The molecule has 114 valence electrons. The average molecular weight is 296 g/mol. The van der Waals surface area contributed by atoms with Crippen molar-refractivity contribution in [2.45, 2.75) is 42.9 Å². The van der Waals surface area contributed by atoms with Gasteiger partial charge in [-0.3, -0.25) is 15.8 Å². The Hall–Kier alpha value is -1.51. The van der Waals surface area contributed by atoms with E-state index < -0.39 is 36.1 Å². The second-order valence-corrected chi connectivity index (χ2v) is 6.20. The van der Waals surface area contributed by atoms with Crippen LogP contribution in [0.2, 0.25) is 0 Å². The third kappa shape index (κ3) is 1.33. The molecule has 0 aromatic heterocycles. The first-order valence-electron chi connectivity index (χ1n) is 6.96. The zero-order valence-corrected chi connectivity index (χ0v) is 11.5. The molecule has 0 spiro atoms. The molecule has 0 bridgehead atoms. The van der Waals surface area contributed by atoms with Gasteiger partial charge in [0.2, 0.25) is 0 Å². The fraction of sp³-hybridized carbons (Fsp3) is 0.692. The van der Waals surface area contributed by atoms with Crippen LogP contribution in [0.25, 0.3) is 0 Å². The summed E-state index contributed by atoms with van der Waals surface area (Å²) >= 11 is 0. The number of ether oxygens (including phenoxy) is 1. The van der Waals surface area contributed by atoms with Crippen LogP contribution >= 0.6 is 0 Å². The molecule has 0 radical (unpaired) electrons. The van der Waals surface area contributed by atoms with Gasteiger partial charge in [0.15, 0.2) is 12.0 Å². The largest absolute Gasteiger partial charge is 0.394 e. The van der Waals surface area contributed by atoms with Crippen molar-refractivity contribution in [3.63, 3.8) is 0 Å². The van der Waals surface area contributed by atoms with E-state index >= 15 is 0 Å². The Kier molecular flexibility index (Phi) is 2.40. The van der Waals surface area contributed by atoms with E-state index in [0.717, 1.165) is 0 Å². The second-order valence-electron chi connectivity index (χ2n) is 6.20.